The molecule has 2 rings (SSSR count). The topological polar surface area (TPSA) is 55.8 Å². The van der Waals surface area contributed by atoms with Crippen molar-refractivity contribution in [2.45, 2.75) is 17.9 Å². The Morgan fingerprint density at radius 2 is 2.19 bits per heavy atom. The summed E-state index contributed by atoms with van der Waals surface area (Å²) in [5.74, 6) is -0.511. The minimum absolute atomic E-state index is 0.0689. The van der Waals surface area contributed by atoms with E-state index in [9.17, 15) is 9.59 Å². The van der Waals surface area contributed by atoms with Crippen LogP contribution < -0.4 is 0 Å². The monoisotopic (exact) mass is 309 g/mol. The molecule has 0 radical (unpaired) electrons. The number of carbonyl (C=O) groups excluding carboxylic acids is 2. The van der Waals surface area contributed by atoms with Crippen LogP contribution in [0.5, 0.6) is 0 Å². The Morgan fingerprint density at radius 1 is 1.43 bits per heavy atom. The summed E-state index contributed by atoms with van der Waals surface area (Å²) in [5.41, 5.74) is 1.60. The second-order valence-electron chi connectivity index (χ2n) is 4.81. The molecule has 1 aliphatic heterocycles. The predicted octanol–water partition coefficient (Wildman–Crippen LogP) is 1.73. The molecule has 0 N–H and O–H groups in total. The van der Waals surface area contributed by atoms with Crippen LogP contribution in [0.25, 0.3) is 0 Å². The highest BCUT2D eigenvalue weighted by atomic mass is 32.2. The van der Waals surface area contributed by atoms with Gasteiger partial charge in [-0.25, -0.2) is 4.79 Å². The Balaban J connectivity index is 2.17. The van der Waals surface area contributed by atoms with Gasteiger partial charge in [0.25, 0.3) is 5.91 Å². The van der Waals surface area contributed by atoms with E-state index in [-0.39, 0.29) is 12.5 Å². The first-order valence-corrected chi connectivity index (χ1v) is 7.92. The number of methoxy groups -OCH3 is 1. The maximum atomic E-state index is 12.7. The molecule has 1 unspecified atom stereocenters. The van der Waals surface area contributed by atoms with Crippen molar-refractivity contribution in [3.05, 3.63) is 29.3 Å². The number of morpholine rings is 1. The van der Waals surface area contributed by atoms with Gasteiger partial charge in [-0.2, -0.15) is 0 Å². The number of rotatable bonds is 3. The number of nitrogens with zero attached hydrogens (tertiary/aromatic N) is 1. The molecule has 1 amide bonds. The molecule has 1 aliphatic rings. The van der Waals surface area contributed by atoms with Crippen LogP contribution in [-0.4, -0.2) is 55.9 Å². The molecule has 5 nitrogen and oxygen atoms in total. The van der Waals surface area contributed by atoms with Gasteiger partial charge in [-0.15, -0.1) is 11.8 Å². The van der Waals surface area contributed by atoms with E-state index in [0.717, 1.165) is 10.5 Å². The van der Waals surface area contributed by atoms with E-state index in [0.29, 0.717) is 18.7 Å². The lowest BCUT2D eigenvalue weighted by Gasteiger charge is -2.31. The summed E-state index contributed by atoms with van der Waals surface area (Å²) >= 11 is 1.60. The molecule has 0 aromatic heterocycles. The second kappa shape index (κ2) is 6.95. The van der Waals surface area contributed by atoms with Crippen molar-refractivity contribution >= 4 is 23.6 Å². The summed E-state index contributed by atoms with van der Waals surface area (Å²) in [6, 6.07) is 5.83. The molecule has 0 spiro atoms. The van der Waals surface area contributed by atoms with Crippen LogP contribution in [0.2, 0.25) is 0 Å². The number of esters is 1. The van der Waals surface area contributed by atoms with Gasteiger partial charge in [0.2, 0.25) is 0 Å². The van der Waals surface area contributed by atoms with Crippen LogP contribution in [0.15, 0.2) is 23.1 Å². The van der Waals surface area contributed by atoms with Crippen molar-refractivity contribution in [1.29, 1.82) is 0 Å². The predicted molar refractivity (Wildman–Crippen MR) is 80.6 cm³/mol. The lowest BCUT2D eigenvalue weighted by molar-refractivity contribution is -0.158. The zero-order valence-corrected chi connectivity index (χ0v) is 13.2. The van der Waals surface area contributed by atoms with Crippen molar-refractivity contribution in [2.75, 3.05) is 33.1 Å². The maximum absolute atomic E-state index is 12.7. The number of benzene rings is 1. The van der Waals surface area contributed by atoms with Gasteiger partial charge < -0.3 is 14.4 Å². The summed E-state index contributed by atoms with van der Waals surface area (Å²) in [5, 5.41) is 0. The molecule has 21 heavy (non-hydrogen) atoms. The fraction of sp³-hybridized carbons (Fsp3) is 0.467. The SMILES string of the molecule is COC(=O)C1CN(C(=O)c2cc(SC)ccc2C)CCO1. The normalized spacial score (nSPS) is 18.4. The maximum Gasteiger partial charge on any atom is 0.336 e. The Hall–Kier alpha value is -1.53. The molecule has 0 saturated carbocycles. The third-order valence-electron chi connectivity index (χ3n) is 3.49. The molecule has 1 atom stereocenters. The zero-order chi connectivity index (χ0) is 15.4. The van der Waals surface area contributed by atoms with Crippen molar-refractivity contribution in [2.24, 2.45) is 0 Å². The average molecular weight is 309 g/mol. The van der Waals surface area contributed by atoms with E-state index in [1.165, 1.54) is 7.11 Å². The van der Waals surface area contributed by atoms with E-state index < -0.39 is 12.1 Å². The van der Waals surface area contributed by atoms with Crippen LogP contribution in [0.3, 0.4) is 0 Å². The summed E-state index contributed by atoms with van der Waals surface area (Å²) in [7, 11) is 1.32. The molecular weight excluding hydrogens is 290 g/mol. The molecule has 1 aromatic carbocycles. The van der Waals surface area contributed by atoms with Crippen molar-refractivity contribution in [3.8, 4) is 0 Å². The fourth-order valence-electron chi connectivity index (χ4n) is 2.24. The number of thioether (sulfide) groups is 1. The molecule has 6 heteroatoms. The highest BCUT2D eigenvalue weighted by Gasteiger charge is 2.30. The minimum Gasteiger partial charge on any atom is -0.467 e. The summed E-state index contributed by atoms with van der Waals surface area (Å²) in [6.45, 7) is 2.96. The van der Waals surface area contributed by atoms with Crippen LogP contribution in [-0.2, 0) is 14.3 Å². The second-order valence-corrected chi connectivity index (χ2v) is 5.69. The van der Waals surface area contributed by atoms with Gasteiger partial charge in [-0.05, 0) is 30.9 Å². The molecule has 1 saturated heterocycles. The molecule has 1 fully saturated rings. The van der Waals surface area contributed by atoms with Gasteiger partial charge in [0.1, 0.15) is 0 Å². The summed E-state index contributed by atoms with van der Waals surface area (Å²) < 4.78 is 10.0. The zero-order valence-electron chi connectivity index (χ0n) is 12.4. The van der Waals surface area contributed by atoms with Crippen molar-refractivity contribution in [3.63, 3.8) is 0 Å². The van der Waals surface area contributed by atoms with Crippen LogP contribution in [0.1, 0.15) is 15.9 Å². The number of aryl methyl sites for hydroxylation is 1. The third-order valence-corrected chi connectivity index (χ3v) is 4.22. The van der Waals surface area contributed by atoms with Gasteiger partial charge in [-0.1, -0.05) is 6.07 Å². The average Bonchev–Trinajstić information content (AvgIpc) is 2.54. The molecule has 1 heterocycles. The number of hydrogen-bond acceptors (Lipinski definition) is 5. The fourth-order valence-corrected chi connectivity index (χ4v) is 2.68. The summed E-state index contributed by atoms with van der Waals surface area (Å²) in [4.78, 5) is 26.9. The van der Waals surface area contributed by atoms with Crippen LogP contribution in [0, 0.1) is 6.92 Å². The van der Waals surface area contributed by atoms with E-state index in [1.807, 2.05) is 31.4 Å². The molecule has 0 aliphatic carbocycles. The number of carbonyl (C=O) groups is 2. The van der Waals surface area contributed by atoms with Gasteiger partial charge in [-0.3, -0.25) is 4.79 Å². The third kappa shape index (κ3) is 3.57. The first kappa shape index (κ1) is 15.9. The lowest BCUT2D eigenvalue weighted by Crippen LogP contribution is -2.49. The van der Waals surface area contributed by atoms with E-state index in [2.05, 4.69) is 4.74 Å². The van der Waals surface area contributed by atoms with Crippen LogP contribution >= 0.6 is 11.8 Å². The van der Waals surface area contributed by atoms with Crippen molar-refractivity contribution in [1.82, 2.24) is 4.90 Å². The largest absolute Gasteiger partial charge is 0.467 e. The Bertz CT molecular complexity index is 546. The van der Waals surface area contributed by atoms with E-state index in [4.69, 9.17) is 4.74 Å². The summed E-state index contributed by atoms with van der Waals surface area (Å²) in [6.07, 6.45) is 1.28. The standard InChI is InChI=1S/C15H19NO4S/c1-10-4-5-11(21-3)8-12(10)14(17)16-6-7-20-13(9-16)15(18)19-2/h4-5,8,13H,6-7,9H2,1-3H3. The lowest BCUT2D eigenvalue weighted by atomic mass is 10.1. The minimum atomic E-state index is -0.697. The Morgan fingerprint density at radius 3 is 2.86 bits per heavy atom. The number of amides is 1. The molecule has 0 bridgehead atoms. The van der Waals surface area contributed by atoms with Crippen LogP contribution in [0.4, 0.5) is 0 Å². The van der Waals surface area contributed by atoms with E-state index >= 15 is 0 Å². The quantitative estimate of drug-likeness (QED) is 0.629. The highest BCUT2D eigenvalue weighted by Crippen LogP contribution is 2.21. The van der Waals surface area contributed by atoms with E-state index in [1.54, 1.807) is 16.7 Å². The van der Waals surface area contributed by atoms with Gasteiger partial charge in [0, 0.05) is 17.0 Å². The molecule has 1 aromatic rings. The van der Waals surface area contributed by atoms with Crippen molar-refractivity contribution < 1.29 is 19.1 Å². The smallest absolute Gasteiger partial charge is 0.336 e. The van der Waals surface area contributed by atoms with Gasteiger partial charge in [0.15, 0.2) is 6.10 Å². The van der Waals surface area contributed by atoms with Gasteiger partial charge >= 0.3 is 5.97 Å². The number of ether oxygens (including phenoxy) is 2. The van der Waals surface area contributed by atoms with Gasteiger partial charge in [0.05, 0.1) is 20.3 Å². The first-order chi connectivity index (χ1) is 10.1. The number of hydrogen-bond donors (Lipinski definition) is 0. The Kier molecular flexibility index (Phi) is 5.25. The first-order valence-electron chi connectivity index (χ1n) is 6.70. The Labute approximate surface area is 128 Å². The highest BCUT2D eigenvalue weighted by molar-refractivity contribution is 7.98. The molecular formula is C15H19NO4S. The molecule has 114 valence electrons.